The molecule has 120 valence electrons. The Kier molecular flexibility index (Phi) is 10.5. The zero-order valence-electron chi connectivity index (χ0n) is 14.5. The lowest BCUT2D eigenvalue weighted by Gasteiger charge is -2.36. The molecule has 0 heterocycles. The van der Waals surface area contributed by atoms with Gasteiger partial charge in [-0.25, -0.2) is 4.67 Å². The predicted molar refractivity (Wildman–Crippen MR) is 88.6 cm³/mol. The Hall–Kier alpha value is -0.610. The minimum Gasteiger partial charge on any atom is -0.363 e. The molecule has 0 fully saturated rings. The van der Waals surface area contributed by atoms with E-state index in [1.807, 2.05) is 0 Å². The van der Waals surface area contributed by atoms with E-state index < -0.39 is 8.53 Å². The first-order valence-corrected chi connectivity index (χ1v) is 8.22. The topological polar surface area (TPSA) is 30.9 Å². The van der Waals surface area contributed by atoms with Gasteiger partial charge in [-0.2, -0.15) is 0 Å². The van der Waals surface area contributed by atoms with Crippen molar-refractivity contribution in [1.82, 2.24) is 4.67 Å². The summed E-state index contributed by atoms with van der Waals surface area (Å²) in [7, 11) is -1.25. The Bertz CT molecular complexity index is 357. The SMILES string of the molecule is [2H]C[C@@H](COP(OCCC#C)N(C(C)C)C(C)C)OCC#C. The maximum atomic E-state index is 7.48. The predicted octanol–water partition coefficient (Wildman–Crippen LogP) is 3.43. The minimum atomic E-state index is -1.25. The average molecular weight is 314 g/mol. The van der Waals surface area contributed by atoms with Gasteiger partial charge in [-0.1, -0.05) is 5.92 Å². The van der Waals surface area contributed by atoms with Gasteiger partial charge in [0.05, 0.1) is 19.3 Å². The van der Waals surface area contributed by atoms with Gasteiger partial charge in [0.1, 0.15) is 6.61 Å². The van der Waals surface area contributed by atoms with Crippen LogP contribution in [0.1, 0.15) is 42.4 Å². The van der Waals surface area contributed by atoms with Gasteiger partial charge in [-0.15, -0.1) is 18.8 Å². The van der Waals surface area contributed by atoms with Gasteiger partial charge in [-0.3, -0.25) is 0 Å². The highest BCUT2D eigenvalue weighted by Gasteiger charge is 2.27. The quantitative estimate of drug-likeness (QED) is 0.332. The highest BCUT2D eigenvalue weighted by Crippen LogP contribution is 2.46. The van der Waals surface area contributed by atoms with Crippen molar-refractivity contribution in [3.63, 3.8) is 0 Å². The summed E-state index contributed by atoms with van der Waals surface area (Å²) in [4.78, 5) is 0. The summed E-state index contributed by atoms with van der Waals surface area (Å²) in [5.41, 5.74) is 0. The molecule has 0 amide bonds. The Morgan fingerprint density at radius 1 is 1.14 bits per heavy atom. The Morgan fingerprint density at radius 2 is 1.81 bits per heavy atom. The van der Waals surface area contributed by atoms with Gasteiger partial charge in [-0.05, 0) is 34.6 Å². The van der Waals surface area contributed by atoms with E-state index in [4.69, 9.17) is 28.0 Å². The van der Waals surface area contributed by atoms with Crippen molar-refractivity contribution in [1.29, 1.82) is 0 Å². The monoisotopic (exact) mass is 314 g/mol. The van der Waals surface area contributed by atoms with E-state index in [0.717, 1.165) is 0 Å². The first-order chi connectivity index (χ1) is 10.5. The minimum absolute atomic E-state index is 0.0958. The van der Waals surface area contributed by atoms with Crippen molar-refractivity contribution in [2.24, 2.45) is 0 Å². The van der Waals surface area contributed by atoms with Crippen LogP contribution in [0.15, 0.2) is 0 Å². The molecule has 0 aromatic carbocycles. The molecule has 1 unspecified atom stereocenters. The maximum Gasteiger partial charge on any atom is 0.259 e. The van der Waals surface area contributed by atoms with Crippen LogP contribution in [0.2, 0.25) is 0 Å². The standard InChI is InChI=1S/C16H28NO3P/c1-8-10-12-19-21(17(14(3)4)15(5)6)20-13-16(7)18-11-9-2/h1-2,14-16H,10-13H2,3-7H3/t16-,21?/m0/s1/i7D. The second kappa shape index (κ2) is 12.0. The molecule has 0 aromatic heterocycles. The van der Waals surface area contributed by atoms with Crippen LogP contribution < -0.4 is 0 Å². The van der Waals surface area contributed by atoms with Crippen molar-refractivity contribution < 1.29 is 15.2 Å². The number of hydrogen-bond acceptors (Lipinski definition) is 4. The fourth-order valence-corrected chi connectivity index (χ4v) is 3.32. The summed E-state index contributed by atoms with van der Waals surface area (Å²) in [6.45, 7) is 9.40. The van der Waals surface area contributed by atoms with Gasteiger partial charge in [0, 0.05) is 19.9 Å². The van der Waals surface area contributed by atoms with E-state index >= 15 is 0 Å². The lowest BCUT2D eigenvalue weighted by Crippen LogP contribution is -2.34. The summed E-state index contributed by atoms with van der Waals surface area (Å²) in [5.74, 6) is 4.96. The van der Waals surface area contributed by atoms with Crippen LogP contribution >= 0.6 is 8.53 Å². The molecule has 0 aliphatic heterocycles. The molecule has 0 rings (SSSR count). The molecular formula is C16H28NO3P. The summed E-state index contributed by atoms with van der Waals surface area (Å²) in [6.07, 6.45) is 10.6. The van der Waals surface area contributed by atoms with Crippen LogP contribution in [0.25, 0.3) is 0 Å². The van der Waals surface area contributed by atoms with Crippen molar-refractivity contribution in [2.45, 2.75) is 59.2 Å². The van der Waals surface area contributed by atoms with Gasteiger partial charge in [0.25, 0.3) is 8.53 Å². The zero-order chi connectivity index (χ0) is 17.0. The molecule has 4 nitrogen and oxygen atoms in total. The highest BCUT2D eigenvalue weighted by atomic mass is 31.2. The van der Waals surface area contributed by atoms with Crippen LogP contribution in [0, 0.1) is 24.7 Å². The normalized spacial score (nSPS) is 14.8. The molecule has 0 N–H and O–H groups in total. The lowest BCUT2D eigenvalue weighted by molar-refractivity contribution is 0.0441. The molecule has 0 aromatic rings. The number of nitrogens with zero attached hydrogens (tertiary/aromatic N) is 1. The van der Waals surface area contributed by atoms with Crippen molar-refractivity contribution in [3.8, 4) is 24.7 Å². The van der Waals surface area contributed by atoms with Crippen LogP contribution in [0.5, 0.6) is 0 Å². The Labute approximate surface area is 132 Å². The molecule has 5 heteroatoms. The van der Waals surface area contributed by atoms with Crippen molar-refractivity contribution in [3.05, 3.63) is 0 Å². The van der Waals surface area contributed by atoms with E-state index in [0.29, 0.717) is 13.0 Å². The molecule has 21 heavy (non-hydrogen) atoms. The molecule has 2 atom stereocenters. The number of rotatable bonds is 11. The van der Waals surface area contributed by atoms with Crippen molar-refractivity contribution >= 4 is 8.53 Å². The molecule has 0 aliphatic carbocycles. The highest BCUT2D eigenvalue weighted by molar-refractivity contribution is 7.44. The number of terminal acetylenes is 2. The molecule has 0 bridgehead atoms. The Morgan fingerprint density at radius 3 is 2.29 bits per heavy atom. The first kappa shape index (κ1) is 18.4. The molecule has 0 saturated heterocycles. The fourth-order valence-electron chi connectivity index (χ4n) is 1.69. The largest absolute Gasteiger partial charge is 0.363 e. The number of ether oxygens (including phenoxy) is 1. The van der Waals surface area contributed by atoms with Crippen LogP contribution in [0.4, 0.5) is 0 Å². The van der Waals surface area contributed by atoms with Gasteiger partial charge in [0.15, 0.2) is 0 Å². The van der Waals surface area contributed by atoms with E-state index in [2.05, 4.69) is 44.2 Å². The third-order valence-electron chi connectivity index (χ3n) is 2.47. The molecule has 0 radical (unpaired) electrons. The second-order valence-electron chi connectivity index (χ2n) is 5.03. The lowest BCUT2D eigenvalue weighted by atomic mass is 10.3. The number of hydrogen-bond donors (Lipinski definition) is 0. The van der Waals surface area contributed by atoms with Gasteiger partial charge in [0.2, 0.25) is 0 Å². The molecule has 0 aliphatic rings. The summed E-state index contributed by atoms with van der Waals surface area (Å²) >= 11 is 0. The van der Waals surface area contributed by atoms with E-state index in [-0.39, 0.29) is 38.3 Å². The zero-order valence-corrected chi connectivity index (χ0v) is 14.4. The summed E-state index contributed by atoms with van der Waals surface area (Å²) < 4.78 is 26.8. The smallest absolute Gasteiger partial charge is 0.259 e. The summed E-state index contributed by atoms with van der Waals surface area (Å²) in [6, 6.07) is 0.552. The molecule has 0 spiro atoms. The first-order valence-electron chi connectivity index (χ1n) is 7.80. The van der Waals surface area contributed by atoms with E-state index in [9.17, 15) is 0 Å². The maximum absolute atomic E-state index is 7.48. The fraction of sp³-hybridized carbons (Fsp3) is 0.750. The van der Waals surface area contributed by atoms with E-state index in [1.165, 1.54) is 0 Å². The molecular weight excluding hydrogens is 285 g/mol. The van der Waals surface area contributed by atoms with Crippen molar-refractivity contribution in [2.75, 3.05) is 19.8 Å². The van der Waals surface area contributed by atoms with Crippen LogP contribution in [-0.2, 0) is 13.8 Å². The Balaban J connectivity index is 4.70. The van der Waals surface area contributed by atoms with Gasteiger partial charge < -0.3 is 13.8 Å². The van der Waals surface area contributed by atoms with E-state index in [1.54, 1.807) is 0 Å². The molecule has 0 saturated carbocycles. The summed E-state index contributed by atoms with van der Waals surface area (Å²) in [5, 5.41) is 0. The third kappa shape index (κ3) is 9.10. The third-order valence-corrected chi connectivity index (χ3v) is 4.54. The van der Waals surface area contributed by atoms with Gasteiger partial charge >= 0.3 is 0 Å². The second-order valence-corrected chi connectivity index (χ2v) is 6.48. The van der Waals surface area contributed by atoms with Crippen LogP contribution in [-0.4, -0.2) is 42.7 Å². The van der Waals surface area contributed by atoms with Crippen LogP contribution in [0.3, 0.4) is 0 Å². The average Bonchev–Trinajstić information content (AvgIpc) is 2.46.